The molecule has 1 atom stereocenters. The molecule has 3 heterocycles. The van der Waals surface area contributed by atoms with Crippen LogP contribution < -0.4 is 0 Å². The molecule has 5 aromatic rings. The lowest BCUT2D eigenvalue weighted by atomic mass is 10.0. The Labute approximate surface area is 192 Å². The fraction of sp³-hybridized carbons (Fsp3) is 0.174. The Bertz CT molecular complexity index is 1390. The summed E-state index contributed by atoms with van der Waals surface area (Å²) in [7, 11) is 0. The van der Waals surface area contributed by atoms with Crippen molar-refractivity contribution < 1.29 is 18.9 Å². The molecule has 0 aliphatic rings. The number of hydrogen-bond donors (Lipinski definition) is 2. The van der Waals surface area contributed by atoms with Crippen LogP contribution in [0.15, 0.2) is 63.6 Å². The summed E-state index contributed by atoms with van der Waals surface area (Å²) in [6.07, 6.45) is -0.864. The smallest absolute Gasteiger partial charge is 0.297 e. The Morgan fingerprint density at radius 3 is 2.56 bits per heavy atom. The molecule has 170 valence electrons. The summed E-state index contributed by atoms with van der Waals surface area (Å²) in [6.45, 7) is 1.88. The van der Waals surface area contributed by atoms with Gasteiger partial charge in [-0.2, -0.15) is 10.2 Å². The third-order valence-electron chi connectivity index (χ3n) is 5.37. The van der Waals surface area contributed by atoms with E-state index in [9.17, 15) is 9.90 Å². The van der Waals surface area contributed by atoms with Crippen LogP contribution in [0.4, 0.5) is 0 Å². The summed E-state index contributed by atoms with van der Waals surface area (Å²) >= 11 is 0. The number of aromatic nitrogens is 7. The summed E-state index contributed by atoms with van der Waals surface area (Å²) in [6, 6.07) is 16.4. The number of aliphatic hydroxyl groups is 1. The van der Waals surface area contributed by atoms with Gasteiger partial charge in [-0.25, -0.2) is 0 Å². The van der Waals surface area contributed by atoms with Crippen LogP contribution in [0.1, 0.15) is 29.5 Å². The van der Waals surface area contributed by atoms with E-state index in [-0.39, 0.29) is 18.1 Å². The van der Waals surface area contributed by atoms with E-state index in [1.165, 1.54) is 0 Å². The predicted molar refractivity (Wildman–Crippen MR) is 118 cm³/mol. The normalized spacial score (nSPS) is 12.1. The minimum atomic E-state index is -1.25. The van der Waals surface area contributed by atoms with Gasteiger partial charge in [-0.05, 0) is 12.5 Å². The van der Waals surface area contributed by atoms with Crippen molar-refractivity contribution in [1.82, 2.24) is 35.9 Å². The number of carbonyl (C=O) groups is 1. The van der Waals surface area contributed by atoms with Gasteiger partial charge in [0.25, 0.3) is 5.89 Å². The highest BCUT2D eigenvalue weighted by Gasteiger charge is 2.22. The third kappa shape index (κ3) is 4.24. The predicted octanol–water partition coefficient (Wildman–Crippen LogP) is 3.12. The first-order valence-electron chi connectivity index (χ1n) is 10.5. The SMILES string of the molecule is Cc1c(-c2ccccc2)noc1-c1nc(-c2ccc(C(O)C(=O)CCc3nn[nH]n3)cc2)no1. The van der Waals surface area contributed by atoms with Crippen LogP contribution in [-0.4, -0.2) is 46.8 Å². The number of aryl methyl sites for hydroxylation is 1. The van der Waals surface area contributed by atoms with E-state index in [1.54, 1.807) is 24.3 Å². The number of aromatic amines is 1. The second-order valence-corrected chi connectivity index (χ2v) is 7.59. The molecule has 5 rings (SSSR count). The maximum Gasteiger partial charge on any atom is 0.297 e. The van der Waals surface area contributed by atoms with Crippen LogP contribution in [-0.2, 0) is 11.2 Å². The van der Waals surface area contributed by atoms with Crippen LogP contribution in [0.2, 0.25) is 0 Å². The molecule has 0 aliphatic heterocycles. The van der Waals surface area contributed by atoms with Crippen LogP contribution in [0.3, 0.4) is 0 Å². The van der Waals surface area contributed by atoms with E-state index < -0.39 is 6.10 Å². The molecule has 34 heavy (non-hydrogen) atoms. The first-order chi connectivity index (χ1) is 16.6. The number of aliphatic hydroxyl groups excluding tert-OH is 1. The molecule has 2 aromatic carbocycles. The van der Waals surface area contributed by atoms with Crippen molar-refractivity contribution in [3.8, 4) is 34.3 Å². The van der Waals surface area contributed by atoms with Crippen LogP contribution in [0.5, 0.6) is 0 Å². The maximum absolute atomic E-state index is 12.3. The Hall–Kier alpha value is -4.51. The van der Waals surface area contributed by atoms with Gasteiger partial charge in [0, 0.05) is 29.5 Å². The largest absolute Gasteiger partial charge is 0.381 e. The second kappa shape index (κ2) is 9.16. The number of rotatable bonds is 8. The van der Waals surface area contributed by atoms with Gasteiger partial charge in [-0.1, -0.05) is 70.1 Å². The number of benzene rings is 2. The van der Waals surface area contributed by atoms with Gasteiger partial charge < -0.3 is 14.2 Å². The Morgan fingerprint density at radius 1 is 1.03 bits per heavy atom. The number of tetrazole rings is 1. The lowest BCUT2D eigenvalue weighted by molar-refractivity contribution is -0.127. The molecular weight excluding hydrogens is 438 g/mol. The van der Waals surface area contributed by atoms with Crippen molar-refractivity contribution in [1.29, 1.82) is 0 Å². The van der Waals surface area contributed by atoms with E-state index >= 15 is 0 Å². The van der Waals surface area contributed by atoms with E-state index in [1.807, 2.05) is 37.3 Å². The van der Waals surface area contributed by atoms with Gasteiger partial charge in [-0.15, -0.1) is 10.2 Å². The zero-order valence-electron chi connectivity index (χ0n) is 18.0. The van der Waals surface area contributed by atoms with E-state index in [0.29, 0.717) is 40.7 Å². The van der Waals surface area contributed by atoms with Gasteiger partial charge in [0.15, 0.2) is 11.6 Å². The zero-order valence-corrected chi connectivity index (χ0v) is 18.0. The van der Waals surface area contributed by atoms with Crippen molar-refractivity contribution in [2.75, 3.05) is 0 Å². The topological polar surface area (TPSA) is 157 Å². The van der Waals surface area contributed by atoms with E-state index in [2.05, 4.69) is 35.9 Å². The minimum absolute atomic E-state index is 0.0954. The fourth-order valence-corrected chi connectivity index (χ4v) is 3.49. The molecule has 0 amide bonds. The summed E-state index contributed by atoms with van der Waals surface area (Å²) in [5, 5.41) is 31.9. The van der Waals surface area contributed by atoms with E-state index in [4.69, 9.17) is 9.05 Å². The number of Topliss-reactive ketones (excluding diaryl/α,β-unsaturated/α-hetero) is 1. The van der Waals surface area contributed by atoms with Crippen LogP contribution >= 0.6 is 0 Å². The van der Waals surface area contributed by atoms with Crippen molar-refractivity contribution >= 4 is 5.78 Å². The molecule has 0 spiro atoms. The Kier molecular flexibility index (Phi) is 5.75. The van der Waals surface area contributed by atoms with Crippen LogP contribution in [0.25, 0.3) is 34.3 Å². The van der Waals surface area contributed by atoms with Gasteiger partial charge in [-0.3, -0.25) is 4.79 Å². The number of hydrogen-bond acceptors (Lipinski definition) is 10. The molecule has 0 saturated heterocycles. The Balaban J connectivity index is 1.29. The summed E-state index contributed by atoms with van der Waals surface area (Å²) in [5.74, 6) is 1.03. The molecule has 3 aromatic heterocycles. The quantitative estimate of drug-likeness (QED) is 0.355. The lowest BCUT2D eigenvalue weighted by Crippen LogP contribution is -2.13. The third-order valence-corrected chi connectivity index (χ3v) is 5.37. The Morgan fingerprint density at radius 2 is 1.82 bits per heavy atom. The summed E-state index contributed by atoms with van der Waals surface area (Å²) < 4.78 is 10.9. The molecule has 2 N–H and O–H groups in total. The van der Waals surface area contributed by atoms with Gasteiger partial charge in [0.2, 0.25) is 11.6 Å². The average molecular weight is 457 g/mol. The highest BCUT2D eigenvalue weighted by atomic mass is 16.5. The lowest BCUT2D eigenvalue weighted by Gasteiger charge is -2.09. The summed E-state index contributed by atoms with van der Waals surface area (Å²) in [4.78, 5) is 16.7. The number of nitrogens with zero attached hydrogens (tertiary/aromatic N) is 6. The van der Waals surface area contributed by atoms with Crippen molar-refractivity contribution in [3.05, 3.63) is 71.5 Å². The average Bonchev–Trinajstić information content (AvgIpc) is 3.64. The second-order valence-electron chi connectivity index (χ2n) is 7.59. The fourth-order valence-electron chi connectivity index (χ4n) is 3.49. The monoisotopic (exact) mass is 457 g/mol. The highest BCUT2D eigenvalue weighted by Crippen LogP contribution is 2.31. The number of ketones is 1. The maximum atomic E-state index is 12.3. The first kappa shape index (κ1) is 21.3. The molecule has 11 nitrogen and oxygen atoms in total. The van der Waals surface area contributed by atoms with Crippen molar-refractivity contribution in [2.24, 2.45) is 0 Å². The molecule has 0 saturated carbocycles. The van der Waals surface area contributed by atoms with Crippen molar-refractivity contribution in [3.63, 3.8) is 0 Å². The minimum Gasteiger partial charge on any atom is -0.381 e. The highest BCUT2D eigenvalue weighted by molar-refractivity contribution is 5.84. The molecule has 0 fully saturated rings. The zero-order chi connectivity index (χ0) is 23.5. The molecule has 0 radical (unpaired) electrons. The number of H-pyrrole nitrogens is 1. The van der Waals surface area contributed by atoms with Gasteiger partial charge >= 0.3 is 0 Å². The standard InChI is InChI=1S/C23H19N7O4/c1-13-19(14-5-3-2-4-6-14)27-33-21(13)23-24-22(28-34-23)16-9-7-15(8-10-16)20(32)17(31)11-12-18-25-29-30-26-18/h2-10,20,32H,11-12H2,1H3,(H,25,26,29,30). The van der Waals surface area contributed by atoms with Crippen LogP contribution in [0, 0.1) is 6.92 Å². The molecule has 1 unspecified atom stereocenters. The van der Waals surface area contributed by atoms with Crippen molar-refractivity contribution in [2.45, 2.75) is 25.9 Å². The van der Waals surface area contributed by atoms with Gasteiger partial charge in [0.1, 0.15) is 11.8 Å². The number of carbonyl (C=O) groups excluding carboxylic acids is 1. The van der Waals surface area contributed by atoms with Gasteiger partial charge in [0.05, 0.1) is 0 Å². The molecular formula is C23H19N7O4. The molecule has 0 aliphatic carbocycles. The first-order valence-corrected chi connectivity index (χ1v) is 10.5. The summed E-state index contributed by atoms with van der Waals surface area (Å²) in [5.41, 5.74) is 3.54. The number of nitrogens with one attached hydrogen (secondary N) is 1. The molecule has 11 heteroatoms. The van der Waals surface area contributed by atoms with E-state index in [0.717, 1.165) is 11.1 Å². The molecule has 0 bridgehead atoms.